The topological polar surface area (TPSA) is 58.8 Å². The number of hydrogen-bond acceptors (Lipinski definition) is 4. The lowest BCUT2D eigenvalue weighted by Gasteiger charge is -2.36. The first-order valence-electron chi connectivity index (χ1n) is 11.4. The molecule has 1 unspecified atom stereocenters. The predicted molar refractivity (Wildman–Crippen MR) is 130 cm³/mol. The standard InChI is InChI=1S/C27H29F2N3O2/c28-23-7-1-20(2-8-23)17-21-3-9-25(10-4-21)32-15-13-31(14-16-32)18-24(29)19-34-26-11-5-22(6-12-26)27(30)33/h1-12,24H,13-19H2,(H2,30,33). The number of alkyl halides is 1. The van der Waals surface area contributed by atoms with Crippen LogP contribution in [0.4, 0.5) is 14.5 Å². The van der Waals surface area contributed by atoms with Crippen LogP contribution in [0.15, 0.2) is 72.8 Å². The molecule has 1 amide bonds. The first-order valence-corrected chi connectivity index (χ1v) is 11.4. The number of halogens is 2. The second-order valence-electron chi connectivity index (χ2n) is 8.55. The Labute approximate surface area is 198 Å². The van der Waals surface area contributed by atoms with Crippen LogP contribution in [-0.2, 0) is 6.42 Å². The molecule has 5 nitrogen and oxygen atoms in total. The molecule has 1 saturated heterocycles. The van der Waals surface area contributed by atoms with E-state index in [2.05, 4.69) is 34.1 Å². The summed E-state index contributed by atoms with van der Waals surface area (Å²) >= 11 is 0. The molecule has 1 fully saturated rings. The highest BCUT2D eigenvalue weighted by atomic mass is 19.1. The Morgan fingerprint density at radius 1 is 0.882 bits per heavy atom. The molecular weight excluding hydrogens is 436 g/mol. The van der Waals surface area contributed by atoms with Gasteiger partial charge in [-0.1, -0.05) is 24.3 Å². The molecule has 4 rings (SSSR count). The number of rotatable bonds is 9. The smallest absolute Gasteiger partial charge is 0.248 e. The number of anilines is 1. The number of hydrogen-bond donors (Lipinski definition) is 1. The highest BCUT2D eigenvalue weighted by Gasteiger charge is 2.20. The van der Waals surface area contributed by atoms with Gasteiger partial charge in [-0.05, 0) is 66.1 Å². The van der Waals surface area contributed by atoms with E-state index >= 15 is 0 Å². The van der Waals surface area contributed by atoms with Gasteiger partial charge in [0, 0.05) is 44.0 Å². The number of nitrogens with two attached hydrogens (primary N) is 1. The third-order valence-corrected chi connectivity index (χ3v) is 6.02. The molecule has 178 valence electrons. The second kappa shape index (κ2) is 11.1. The van der Waals surface area contributed by atoms with Crippen LogP contribution in [0.3, 0.4) is 0 Å². The molecule has 3 aromatic rings. The van der Waals surface area contributed by atoms with Gasteiger partial charge in [0.15, 0.2) is 0 Å². The van der Waals surface area contributed by atoms with Crippen molar-refractivity contribution in [3.05, 3.63) is 95.3 Å². The van der Waals surface area contributed by atoms with Crippen LogP contribution in [0.1, 0.15) is 21.5 Å². The van der Waals surface area contributed by atoms with E-state index in [1.807, 2.05) is 12.1 Å². The van der Waals surface area contributed by atoms with Crippen LogP contribution in [0, 0.1) is 5.82 Å². The highest BCUT2D eigenvalue weighted by molar-refractivity contribution is 5.92. The van der Waals surface area contributed by atoms with Gasteiger partial charge in [0.05, 0.1) is 0 Å². The average Bonchev–Trinajstić information content (AvgIpc) is 2.85. The van der Waals surface area contributed by atoms with Gasteiger partial charge in [0.1, 0.15) is 24.3 Å². The van der Waals surface area contributed by atoms with Gasteiger partial charge in [-0.15, -0.1) is 0 Å². The molecular formula is C27H29F2N3O2. The lowest BCUT2D eigenvalue weighted by molar-refractivity contribution is 0.1000. The molecule has 2 N–H and O–H groups in total. The molecule has 1 aliphatic rings. The molecule has 1 atom stereocenters. The van der Waals surface area contributed by atoms with Crippen LogP contribution in [0.25, 0.3) is 0 Å². The van der Waals surface area contributed by atoms with Gasteiger partial charge in [0.25, 0.3) is 0 Å². The summed E-state index contributed by atoms with van der Waals surface area (Å²) in [6.07, 6.45) is -0.336. The van der Waals surface area contributed by atoms with Crippen LogP contribution < -0.4 is 15.4 Å². The number of amides is 1. The zero-order valence-corrected chi connectivity index (χ0v) is 19.0. The number of carbonyl (C=O) groups excluding carboxylic acids is 1. The number of nitrogens with zero attached hydrogens (tertiary/aromatic N) is 2. The van der Waals surface area contributed by atoms with Crippen molar-refractivity contribution < 1.29 is 18.3 Å². The maximum absolute atomic E-state index is 14.5. The van der Waals surface area contributed by atoms with E-state index in [0.717, 1.165) is 43.9 Å². The van der Waals surface area contributed by atoms with Gasteiger partial charge < -0.3 is 15.4 Å². The highest BCUT2D eigenvalue weighted by Crippen LogP contribution is 2.20. The summed E-state index contributed by atoms with van der Waals surface area (Å²) in [5.74, 6) is -0.212. The van der Waals surface area contributed by atoms with Crippen LogP contribution >= 0.6 is 0 Å². The summed E-state index contributed by atoms with van der Waals surface area (Å²) in [5, 5.41) is 0. The Morgan fingerprint density at radius 3 is 2.06 bits per heavy atom. The summed E-state index contributed by atoms with van der Waals surface area (Å²) in [6.45, 7) is 3.52. The quantitative estimate of drug-likeness (QED) is 0.518. The lowest BCUT2D eigenvalue weighted by Crippen LogP contribution is -2.48. The van der Waals surface area contributed by atoms with Gasteiger partial charge >= 0.3 is 0 Å². The average molecular weight is 466 g/mol. The molecule has 1 aliphatic heterocycles. The van der Waals surface area contributed by atoms with E-state index in [1.54, 1.807) is 24.3 Å². The SMILES string of the molecule is NC(=O)c1ccc(OCC(F)CN2CCN(c3ccc(Cc4ccc(F)cc4)cc3)CC2)cc1. The number of piperazine rings is 1. The summed E-state index contributed by atoms with van der Waals surface area (Å²) < 4.78 is 33.1. The van der Waals surface area contributed by atoms with Crippen molar-refractivity contribution in [1.82, 2.24) is 4.90 Å². The minimum atomic E-state index is -1.10. The monoisotopic (exact) mass is 465 g/mol. The molecule has 1 heterocycles. The molecule has 0 aromatic heterocycles. The van der Waals surface area contributed by atoms with E-state index in [0.29, 0.717) is 17.9 Å². The van der Waals surface area contributed by atoms with Crippen molar-refractivity contribution in [3.63, 3.8) is 0 Å². The predicted octanol–water partition coefficient (Wildman–Crippen LogP) is 4.05. The first kappa shape index (κ1) is 23.7. The van der Waals surface area contributed by atoms with E-state index in [-0.39, 0.29) is 12.4 Å². The Morgan fingerprint density at radius 2 is 1.47 bits per heavy atom. The zero-order chi connectivity index (χ0) is 23.9. The molecule has 0 spiro atoms. The Hall–Kier alpha value is -3.45. The third-order valence-electron chi connectivity index (χ3n) is 6.02. The van der Waals surface area contributed by atoms with Crippen molar-refractivity contribution in [2.75, 3.05) is 44.2 Å². The molecule has 0 bridgehead atoms. The largest absolute Gasteiger partial charge is 0.491 e. The van der Waals surface area contributed by atoms with Gasteiger partial charge in [-0.25, -0.2) is 8.78 Å². The van der Waals surface area contributed by atoms with Crippen molar-refractivity contribution in [2.24, 2.45) is 5.73 Å². The van der Waals surface area contributed by atoms with E-state index in [9.17, 15) is 13.6 Å². The van der Waals surface area contributed by atoms with Gasteiger partial charge in [0.2, 0.25) is 5.91 Å². The van der Waals surface area contributed by atoms with E-state index in [1.165, 1.54) is 17.7 Å². The fourth-order valence-corrected chi connectivity index (χ4v) is 4.09. The number of ether oxygens (including phenoxy) is 1. The number of carbonyl (C=O) groups is 1. The van der Waals surface area contributed by atoms with Gasteiger partial charge in [-0.2, -0.15) is 0 Å². The maximum atomic E-state index is 14.5. The first-order chi connectivity index (χ1) is 16.5. The zero-order valence-electron chi connectivity index (χ0n) is 19.0. The molecule has 7 heteroatoms. The van der Waals surface area contributed by atoms with Crippen molar-refractivity contribution >= 4 is 11.6 Å². The fraction of sp³-hybridized carbons (Fsp3) is 0.296. The van der Waals surface area contributed by atoms with Crippen molar-refractivity contribution in [2.45, 2.75) is 12.6 Å². The van der Waals surface area contributed by atoms with Crippen LogP contribution in [-0.4, -0.2) is 56.3 Å². The Bertz CT molecular complexity index is 1060. The van der Waals surface area contributed by atoms with Crippen LogP contribution in [0.2, 0.25) is 0 Å². The number of primary amides is 1. The van der Waals surface area contributed by atoms with Crippen molar-refractivity contribution in [1.29, 1.82) is 0 Å². The summed E-state index contributed by atoms with van der Waals surface area (Å²) in [4.78, 5) is 15.5. The maximum Gasteiger partial charge on any atom is 0.248 e. The Kier molecular flexibility index (Phi) is 7.75. The number of benzene rings is 3. The molecule has 34 heavy (non-hydrogen) atoms. The third kappa shape index (κ3) is 6.54. The molecule has 0 aliphatic carbocycles. The van der Waals surface area contributed by atoms with E-state index < -0.39 is 12.1 Å². The summed E-state index contributed by atoms with van der Waals surface area (Å²) in [5.41, 5.74) is 9.02. The Balaban J connectivity index is 1.20. The summed E-state index contributed by atoms with van der Waals surface area (Å²) in [6, 6.07) is 21.4. The van der Waals surface area contributed by atoms with Gasteiger partial charge in [-0.3, -0.25) is 9.69 Å². The molecule has 3 aromatic carbocycles. The van der Waals surface area contributed by atoms with Crippen LogP contribution in [0.5, 0.6) is 5.75 Å². The minimum absolute atomic E-state index is 0.0361. The van der Waals surface area contributed by atoms with E-state index in [4.69, 9.17) is 10.5 Å². The lowest BCUT2D eigenvalue weighted by atomic mass is 10.0. The van der Waals surface area contributed by atoms with Crippen molar-refractivity contribution in [3.8, 4) is 5.75 Å². The minimum Gasteiger partial charge on any atom is -0.491 e. The second-order valence-corrected chi connectivity index (χ2v) is 8.55. The normalized spacial score (nSPS) is 15.2. The molecule has 0 saturated carbocycles. The molecule has 0 radical (unpaired) electrons. The fourth-order valence-electron chi connectivity index (χ4n) is 4.09. The summed E-state index contributed by atoms with van der Waals surface area (Å²) in [7, 11) is 0.